The van der Waals surface area contributed by atoms with Gasteiger partial charge in [-0.1, -0.05) is 19.1 Å². The number of nitrogens with zero attached hydrogens (tertiary/aromatic N) is 3. The van der Waals surface area contributed by atoms with Crippen molar-refractivity contribution >= 4 is 22.8 Å². The molecule has 0 amide bonds. The van der Waals surface area contributed by atoms with Gasteiger partial charge in [-0.05, 0) is 35.3 Å². The molecule has 25 heavy (non-hydrogen) atoms. The van der Waals surface area contributed by atoms with Crippen molar-refractivity contribution < 1.29 is 14.2 Å². The Bertz CT molecular complexity index is 971. The van der Waals surface area contributed by atoms with Gasteiger partial charge in [0.15, 0.2) is 5.82 Å². The first kappa shape index (κ1) is 15.4. The summed E-state index contributed by atoms with van der Waals surface area (Å²) in [6.07, 6.45) is 2.43. The molecule has 4 rings (SSSR count). The Kier molecular flexibility index (Phi) is 3.72. The van der Waals surface area contributed by atoms with Gasteiger partial charge in [0.2, 0.25) is 0 Å². The van der Waals surface area contributed by atoms with Crippen LogP contribution in [-0.4, -0.2) is 33.1 Å². The molecule has 1 aromatic carbocycles. The Hall–Kier alpha value is -3.16. The Morgan fingerprint density at radius 3 is 2.96 bits per heavy atom. The number of ether oxygens (including phenoxy) is 1. The Labute approximate surface area is 143 Å². The van der Waals surface area contributed by atoms with E-state index in [-0.39, 0.29) is 11.9 Å². The summed E-state index contributed by atoms with van der Waals surface area (Å²) in [5.74, 6) is -0.0138. The number of nitrogens with one attached hydrogen (secondary N) is 2. The van der Waals surface area contributed by atoms with E-state index in [0.29, 0.717) is 35.5 Å². The summed E-state index contributed by atoms with van der Waals surface area (Å²) in [6.45, 7) is 4.08. The summed E-state index contributed by atoms with van der Waals surface area (Å²) >= 11 is 0. The molecular formula is C17H17N5O3. The highest BCUT2D eigenvalue weighted by atomic mass is 16.6. The van der Waals surface area contributed by atoms with Gasteiger partial charge >= 0.3 is 5.97 Å². The van der Waals surface area contributed by atoms with E-state index < -0.39 is 0 Å². The second-order valence-corrected chi connectivity index (χ2v) is 5.69. The average molecular weight is 339 g/mol. The van der Waals surface area contributed by atoms with Gasteiger partial charge in [-0.2, -0.15) is 5.10 Å². The lowest BCUT2D eigenvalue weighted by atomic mass is 9.81. The summed E-state index contributed by atoms with van der Waals surface area (Å²) in [4.78, 5) is 12.7. The van der Waals surface area contributed by atoms with Crippen LogP contribution in [0.2, 0.25) is 0 Å². The molecular weight excluding hydrogens is 322 g/mol. The number of benzene rings is 1. The Morgan fingerprint density at radius 1 is 1.28 bits per heavy atom. The van der Waals surface area contributed by atoms with Crippen molar-refractivity contribution in [3.05, 3.63) is 46.8 Å². The van der Waals surface area contributed by atoms with Crippen molar-refractivity contribution in [3.8, 4) is 0 Å². The van der Waals surface area contributed by atoms with Crippen LogP contribution < -0.4 is 5.32 Å². The van der Waals surface area contributed by atoms with Gasteiger partial charge in [-0.25, -0.2) is 9.42 Å². The summed E-state index contributed by atoms with van der Waals surface area (Å²) < 4.78 is 10.2. The number of carbonyl (C=O) groups is 1. The Balaban J connectivity index is 1.97. The summed E-state index contributed by atoms with van der Waals surface area (Å²) in [5, 5.41) is 18.3. The number of rotatable bonds is 4. The fourth-order valence-corrected chi connectivity index (χ4v) is 3.27. The van der Waals surface area contributed by atoms with Crippen molar-refractivity contribution in [2.24, 2.45) is 0 Å². The second-order valence-electron chi connectivity index (χ2n) is 5.69. The van der Waals surface area contributed by atoms with Crippen LogP contribution in [-0.2, 0) is 9.53 Å². The monoisotopic (exact) mass is 339 g/mol. The average Bonchev–Trinajstić information content (AvgIpc) is 3.28. The first-order valence-corrected chi connectivity index (χ1v) is 8.16. The first-order chi connectivity index (χ1) is 12.2. The number of H-pyrrole nitrogens is 1. The standard InChI is InChI=1S/C17H17N5O3/c1-3-11-14(17(23)24-4-2)13(10-8-18-20-16(10)19-11)9-6-5-7-12-15(9)22-25-21-12/h5-8,13H,3-4H2,1-2H3,(H2,18,19,20). The molecule has 0 saturated carbocycles. The third-order valence-electron chi connectivity index (χ3n) is 4.34. The lowest BCUT2D eigenvalue weighted by Crippen LogP contribution is -2.25. The smallest absolute Gasteiger partial charge is 0.336 e. The number of fused-ring (bicyclic) bond motifs is 2. The normalized spacial score (nSPS) is 16.6. The SMILES string of the molecule is CCOC(=O)C1=C(CC)Nc2n[nH]cc2C1c1cccc2nonc12. The van der Waals surface area contributed by atoms with E-state index >= 15 is 0 Å². The van der Waals surface area contributed by atoms with Crippen LogP contribution in [0.3, 0.4) is 0 Å². The molecule has 0 spiro atoms. The van der Waals surface area contributed by atoms with Crippen LogP contribution in [0.5, 0.6) is 0 Å². The predicted octanol–water partition coefficient (Wildman–Crippen LogP) is 2.73. The summed E-state index contributed by atoms with van der Waals surface area (Å²) in [7, 11) is 0. The third-order valence-corrected chi connectivity index (χ3v) is 4.34. The van der Waals surface area contributed by atoms with E-state index in [1.54, 1.807) is 13.1 Å². The molecule has 3 aromatic rings. The molecule has 1 atom stereocenters. The molecule has 3 heterocycles. The van der Waals surface area contributed by atoms with Gasteiger partial charge < -0.3 is 10.1 Å². The number of carbonyl (C=O) groups excluding carboxylic acids is 1. The third kappa shape index (κ3) is 2.37. The minimum Gasteiger partial charge on any atom is -0.463 e. The molecule has 1 aliphatic rings. The van der Waals surface area contributed by atoms with Gasteiger partial charge in [0.25, 0.3) is 0 Å². The van der Waals surface area contributed by atoms with Crippen LogP contribution in [0.4, 0.5) is 5.82 Å². The topological polar surface area (TPSA) is 106 Å². The van der Waals surface area contributed by atoms with E-state index in [0.717, 1.165) is 16.8 Å². The predicted molar refractivity (Wildman–Crippen MR) is 89.8 cm³/mol. The number of hydrogen-bond acceptors (Lipinski definition) is 7. The molecule has 8 heteroatoms. The molecule has 0 fully saturated rings. The quantitative estimate of drug-likeness (QED) is 0.704. The zero-order chi connectivity index (χ0) is 17.4. The molecule has 1 aliphatic heterocycles. The van der Waals surface area contributed by atoms with Crippen molar-refractivity contribution in [2.75, 3.05) is 11.9 Å². The highest BCUT2D eigenvalue weighted by Gasteiger charge is 2.36. The van der Waals surface area contributed by atoms with Crippen molar-refractivity contribution in [1.82, 2.24) is 20.5 Å². The zero-order valence-corrected chi connectivity index (χ0v) is 13.9. The van der Waals surface area contributed by atoms with E-state index in [4.69, 9.17) is 9.37 Å². The highest BCUT2D eigenvalue weighted by Crippen LogP contribution is 2.43. The maximum absolute atomic E-state index is 12.7. The van der Waals surface area contributed by atoms with Crippen LogP contribution in [0.25, 0.3) is 11.0 Å². The van der Waals surface area contributed by atoms with E-state index in [9.17, 15) is 4.79 Å². The lowest BCUT2D eigenvalue weighted by Gasteiger charge is -2.28. The molecule has 0 aliphatic carbocycles. The van der Waals surface area contributed by atoms with Crippen LogP contribution in [0.1, 0.15) is 37.3 Å². The van der Waals surface area contributed by atoms with Crippen LogP contribution in [0.15, 0.2) is 40.3 Å². The maximum atomic E-state index is 12.7. The molecule has 128 valence electrons. The molecule has 2 N–H and O–H groups in total. The zero-order valence-electron chi connectivity index (χ0n) is 13.9. The van der Waals surface area contributed by atoms with Gasteiger partial charge in [-0.15, -0.1) is 0 Å². The number of allylic oxidation sites excluding steroid dienone is 1. The molecule has 1 unspecified atom stereocenters. The molecule has 8 nitrogen and oxygen atoms in total. The van der Waals surface area contributed by atoms with Crippen molar-refractivity contribution in [1.29, 1.82) is 0 Å². The maximum Gasteiger partial charge on any atom is 0.336 e. The van der Waals surface area contributed by atoms with Gasteiger partial charge in [0, 0.05) is 17.5 Å². The highest BCUT2D eigenvalue weighted by molar-refractivity contribution is 5.96. The number of hydrogen-bond donors (Lipinski definition) is 2. The van der Waals surface area contributed by atoms with Gasteiger partial charge in [-0.3, -0.25) is 5.10 Å². The molecule has 0 bridgehead atoms. The van der Waals surface area contributed by atoms with E-state index in [1.165, 1.54) is 0 Å². The van der Waals surface area contributed by atoms with Crippen molar-refractivity contribution in [2.45, 2.75) is 26.2 Å². The summed E-state index contributed by atoms with van der Waals surface area (Å²) in [5.41, 5.74) is 4.30. The van der Waals surface area contributed by atoms with Crippen LogP contribution in [0, 0.1) is 0 Å². The first-order valence-electron chi connectivity index (χ1n) is 8.16. The summed E-state index contributed by atoms with van der Waals surface area (Å²) in [6, 6.07) is 5.62. The van der Waals surface area contributed by atoms with E-state index in [2.05, 4.69) is 25.8 Å². The molecule has 0 radical (unpaired) electrons. The minimum absolute atomic E-state index is 0.306. The molecule has 0 saturated heterocycles. The van der Waals surface area contributed by atoms with Gasteiger partial charge in [0.05, 0.1) is 18.1 Å². The number of aromatic amines is 1. The fourth-order valence-electron chi connectivity index (χ4n) is 3.27. The fraction of sp³-hybridized carbons (Fsp3) is 0.294. The van der Waals surface area contributed by atoms with Crippen molar-refractivity contribution in [3.63, 3.8) is 0 Å². The lowest BCUT2D eigenvalue weighted by molar-refractivity contribution is -0.138. The number of aromatic nitrogens is 4. The number of anilines is 1. The van der Waals surface area contributed by atoms with Gasteiger partial charge in [0.1, 0.15) is 11.0 Å². The number of esters is 1. The molecule has 2 aromatic heterocycles. The van der Waals surface area contributed by atoms with Crippen LogP contribution >= 0.6 is 0 Å². The Morgan fingerprint density at radius 2 is 2.16 bits per heavy atom. The second kappa shape index (κ2) is 6.04. The van der Waals surface area contributed by atoms with E-state index in [1.807, 2.05) is 25.1 Å². The minimum atomic E-state index is -0.361. The largest absolute Gasteiger partial charge is 0.463 e.